The molecule has 2 atom stereocenters. The first-order valence-corrected chi connectivity index (χ1v) is 9.42. The summed E-state index contributed by atoms with van der Waals surface area (Å²) in [5.41, 5.74) is -0.0724. The van der Waals surface area contributed by atoms with Gasteiger partial charge in [-0.1, -0.05) is 6.92 Å². The summed E-state index contributed by atoms with van der Waals surface area (Å²) in [5.74, 6) is 1.80. The van der Waals surface area contributed by atoms with E-state index in [0.29, 0.717) is 6.04 Å². The maximum absolute atomic E-state index is 5.83. The standard InChI is InChI=1S/C18H36N4O.HI/c1-5-19-17(21-14-18(4)9-6-12-23-18)20-13-16(3)22-10-7-15(2)8-11-22;/h15-16H,5-14H2,1-4H3,(H2,19,20,21);1H. The Kier molecular flexibility index (Phi) is 9.89. The van der Waals surface area contributed by atoms with Crippen molar-refractivity contribution in [2.45, 2.75) is 65.0 Å². The molecule has 2 saturated heterocycles. The van der Waals surface area contributed by atoms with Gasteiger partial charge in [-0.2, -0.15) is 0 Å². The Labute approximate surface area is 165 Å². The van der Waals surface area contributed by atoms with E-state index in [0.717, 1.165) is 51.0 Å². The maximum Gasteiger partial charge on any atom is 0.191 e. The molecule has 6 heteroatoms. The molecular formula is C18H37IN4O. The molecular weight excluding hydrogens is 415 g/mol. The molecule has 0 aromatic heterocycles. The van der Waals surface area contributed by atoms with E-state index in [1.807, 2.05) is 0 Å². The summed E-state index contributed by atoms with van der Waals surface area (Å²) in [4.78, 5) is 7.34. The second kappa shape index (κ2) is 10.8. The number of guanidine groups is 1. The lowest BCUT2D eigenvalue weighted by atomic mass is 9.98. The van der Waals surface area contributed by atoms with Crippen LogP contribution < -0.4 is 10.6 Å². The smallest absolute Gasteiger partial charge is 0.191 e. The summed E-state index contributed by atoms with van der Waals surface area (Å²) in [7, 11) is 0. The van der Waals surface area contributed by atoms with Crippen molar-refractivity contribution in [2.75, 3.05) is 39.3 Å². The van der Waals surface area contributed by atoms with Gasteiger partial charge in [0.1, 0.15) is 0 Å². The molecule has 2 heterocycles. The third kappa shape index (κ3) is 7.04. The Morgan fingerprint density at radius 2 is 2.04 bits per heavy atom. The Morgan fingerprint density at radius 1 is 1.33 bits per heavy atom. The van der Waals surface area contributed by atoms with Crippen LogP contribution in [0.4, 0.5) is 0 Å². The lowest BCUT2D eigenvalue weighted by molar-refractivity contribution is 0.0283. The highest BCUT2D eigenvalue weighted by atomic mass is 127. The monoisotopic (exact) mass is 452 g/mol. The summed E-state index contributed by atoms with van der Waals surface area (Å²) in [5, 5.41) is 6.87. The highest BCUT2D eigenvalue weighted by Gasteiger charge is 2.29. The second-order valence-electron chi connectivity index (χ2n) is 7.55. The molecule has 24 heavy (non-hydrogen) atoms. The maximum atomic E-state index is 5.83. The van der Waals surface area contributed by atoms with E-state index in [-0.39, 0.29) is 29.6 Å². The Balaban J connectivity index is 0.00000288. The van der Waals surface area contributed by atoms with Crippen molar-refractivity contribution in [3.8, 4) is 0 Å². The fourth-order valence-corrected chi connectivity index (χ4v) is 3.39. The van der Waals surface area contributed by atoms with Gasteiger partial charge in [0.2, 0.25) is 0 Å². The lowest BCUT2D eigenvalue weighted by Crippen LogP contribution is -2.48. The molecule has 2 N–H and O–H groups in total. The quantitative estimate of drug-likeness (QED) is 0.370. The predicted molar refractivity (Wildman–Crippen MR) is 112 cm³/mol. The lowest BCUT2D eigenvalue weighted by Gasteiger charge is -2.35. The van der Waals surface area contributed by atoms with Gasteiger partial charge >= 0.3 is 0 Å². The van der Waals surface area contributed by atoms with E-state index < -0.39 is 0 Å². The molecule has 0 radical (unpaired) electrons. The number of nitrogens with zero attached hydrogens (tertiary/aromatic N) is 2. The topological polar surface area (TPSA) is 48.9 Å². The van der Waals surface area contributed by atoms with Gasteiger partial charge in [0, 0.05) is 25.7 Å². The summed E-state index contributed by atoms with van der Waals surface area (Å²) in [6.45, 7) is 14.9. The number of hydrogen-bond acceptors (Lipinski definition) is 3. The van der Waals surface area contributed by atoms with Crippen molar-refractivity contribution in [1.29, 1.82) is 0 Å². The molecule has 0 saturated carbocycles. The summed E-state index contributed by atoms with van der Waals surface area (Å²) in [6.07, 6.45) is 4.92. The van der Waals surface area contributed by atoms with E-state index in [1.54, 1.807) is 0 Å². The van der Waals surface area contributed by atoms with Crippen molar-refractivity contribution in [3.63, 3.8) is 0 Å². The van der Waals surface area contributed by atoms with E-state index in [1.165, 1.54) is 25.9 Å². The van der Waals surface area contributed by atoms with Gasteiger partial charge < -0.3 is 15.4 Å². The van der Waals surface area contributed by atoms with Crippen LogP contribution in [-0.2, 0) is 4.74 Å². The van der Waals surface area contributed by atoms with E-state index >= 15 is 0 Å². The molecule has 0 aliphatic carbocycles. The average Bonchev–Trinajstić information content (AvgIpc) is 2.97. The average molecular weight is 452 g/mol. The van der Waals surface area contributed by atoms with Crippen LogP contribution in [0.5, 0.6) is 0 Å². The molecule has 2 fully saturated rings. The summed E-state index contributed by atoms with van der Waals surface area (Å²) in [6, 6.07) is 0.546. The first-order valence-electron chi connectivity index (χ1n) is 9.42. The van der Waals surface area contributed by atoms with Crippen LogP contribution in [0.25, 0.3) is 0 Å². The van der Waals surface area contributed by atoms with Gasteiger partial charge in [-0.3, -0.25) is 9.89 Å². The third-order valence-corrected chi connectivity index (χ3v) is 5.22. The minimum absolute atomic E-state index is 0. The zero-order valence-electron chi connectivity index (χ0n) is 15.9. The van der Waals surface area contributed by atoms with Crippen molar-refractivity contribution in [1.82, 2.24) is 15.5 Å². The predicted octanol–water partition coefficient (Wildman–Crippen LogP) is 2.85. The number of likely N-dealkylation sites (tertiary alicyclic amines) is 1. The molecule has 5 nitrogen and oxygen atoms in total. The summed E-state index contributed by atoms with van der Waals surface area (Å²) >= 11 is 0. The van der Waals surface area contributed by atoms with Crippen molar-refractivity contribution < 1.29 is 4.74 Å². The van der Waals surface area contributed by atoms with Crippen LogP contribution in [0, 0.1) is 5.92 Å². The Bertz CT molecular complexity index is 377. The number of halogens is 1. The summed E-state index contributed by atoms with van der Waals surface area (Å²) < 4.78 is 5.83. The van der Waals surface area contributed by atoms with Gasteiger partial charge in [0.15, 0.2) is 5.96 Å². The zero-order valence-corrected chi connectivity index (χ0v) is 18.3. The minimum atomic E-state index is -0.0724. The second-order valence-corrected chi connectivity index (χ2v) is 7.55. The van der Waals surface area contributed by atoms with Crippen molar-refractivity contribution in [3.05, 3.63) is 0 Å². The largest absolute Gasteiger partial charge is 0.373 e. The molecule has 0 amide bonds. The van der Waals surface area contributed by atoms with Gasteiger partial charge in [-0.05, 0) is 65.5 Å². The fraction of sp³-hybridized carbons (Fsp3) is 0.944. The number of ether oxygens (including phenoxy) is 1. The molecule has 0 bridgehead atoms. The van der Waals surface area contributed by atoms with Gasteiger partial charge in [0.25, 0.3) is 0 Å². The highest BCUT2D eigenvalue weighted by molar-refractivity contribution is 14.0. The van der Waals surface area contributed by atoms with E-state index in [9.17, 15) is 0 Å². The number of hydrogen-bond donors (Lipinski definition) is 2. The zero-order chi connectivity index (χ0) is 16.7. The van der Waals surface area contributed by atoms with Gasteiger partial charge in [-0.25, -0.2) is 0 Å². The molecule has 0 aromatic carbocycles. The van der Waals surface area contributed by atoms with Crippen LogP contribution in [0.2, 0.25) is 0 Å². The van der Waals surface area contributed by atoms with Crippen molar-refractivity contribution >= 4 is 29.9 Å². The van der Waals surface area contributed by atoms with E-state index in [4.69, 9.17) is 9.73 Å². The molecule has 0 aromatic rings. The van der Waals surface area contributed by atoms with Gasteiger partial charge in [0.05, 0.1) is 12.1 Å². The Morgan fingerprint density at radius 3 is 2.62 bits per heavy atom. The first-order chi connectivity index (χ1) is 11.0. The minimum Gasteiger partial charge on any atom is -0.373 e. The normalized spacial score (nSPS) is 27.6. The molecule has 2 aliphatic rings. The van der Waals surface area contributed by atoms with Crippen molar-refractivity contribution in [2.24, 2.45) is 10.9 Å². The van der Waals surface area contributed by atoms with E-state index in [2.05, 4.69) is 43.2 Å². The number of rotatable bonds is 6. The SMILES string of the molecule is CCNC(=NCC1(C)CCCO1)NCC(C)N1CCC(C)CC1.I. The van der Waals surface area contributed by atoms with Gasteiger partial charge in [-0.15, -0.1) is 24.0 Å². The van der Waals surface area contributed by atoms with Crippen LogP contribution in [0.3, 0.4) is 0 Å². The molecule has 2 unspecified atom stereocenters. The van der Waals surface area contributed by atoms with Crippen LogP contribution in [0.1, 0.15) is 53.4 Å². The third-order valence-electron chi connectivity index (χ3n) is 5.22. The fourth-order valence-electron chi connectivity index (χ4n) is 3.39. The molecule has 0 spiro atoms. The number of aliphatic imine (C=N–C) groups is 1. The van der Waals surface area contributed by atoms with Crippen LogP contribution in [0.15, 0.2) is 4.99 Å². The van der Waals surface area contributed by atoms with Crippen LogP contribution in [-0.4, -0.2) is 61.8 Å². The number of piperidine rings is 1. The molecule has 2 rings (SSSR count). The molecule has 2 aliphatic heterocycles. The van der Waals surface area contributed by atoms with Crippen LogP contribution >= 0.6 is 24.0 Å². The number of nitrogens with one attached hydrogen (secondary N) is 2. The Hall–Kier alpha value is -0.0800. The molecule has 142 valence electrons. The highest BCUT2D eigenvalue weighted by Crippen LogP contribution is 2.25. The first kappa shape index (κ1) is 22.0.